The first-order valence-electron chi connectivity index (χ1n) is 5.76. The number of benzene rings is 1. The summed E-state index contributed by atoms with van der Waals surface area (Å²) in [7, 11) is 1.69. The van der Waals surface area contributed by atoms with Crippen LogP contribution in [0.25, 0.3) is 0 Å². The molecular weight excluding hydrogens is 265 g/mol. The molecule has 2 aromatic rings. The topological polar surface area (TPSA) is 33.5 Å². The summed E-state index contributed by atoms with van der Waals surface area (Å²) in [6.45, 7) is 2.29. The Labute approximate surface area is 116 Å². The molecule has 1 aromatic heterocycles. The first kappa shape index (κ1) is 13.7. The Kier molecular flexibility index (Phi) is 3.95. The van der Waals surface area contributed by atoms with E-state index in [9.17, 15) is 9.18 Å². The number of hydrogen-bond donors (Lipinski definition) is 1. The SMILES string of the molecule is Cc1occc1CN(C)C(=O)c1ccc(F)c(S)c1. The number of carbonyl (C=O) groups is 1. The van der Waals surface area contributed by atoms with E-state index in [0.29, 0.717) is 12.1 Å². The minimum Gasteiger partial charge on any atom is -0.469 e. The molecule has 0 N–H and O–H groups in total. The number of thiol groups is 1. The Morgan fingerprint density at radius 3 is 2.74 bits per heavy atom. The van der Waals surface area contributed by atoms with Gasteiger partial charge in [0.1, 0.15) is 11.6 Å². The lowest BCUT2D eigenvalue weighted by molar-refractivity contribution is 0.0784. The number of rotatable bonds is 3. The molecule has 0 saturated carbocycles. The van der Waals surface area contributed by atoms with Crippen LogP contribution >= 0.6 is 12.6 Å². The summed E-state index contributed by atoms with van der Waals surface area (Å²) in [6, 6.07) is 5.95. The largest absolute Gasteiger partial charge is 0.469 e. The van der Waals surface area contributed by atoms with Crippen molar-refractivity contribution in [2.24, 2.45) is 0 Å². The summed E-state index contributed by atoms with van der Waals surface area (Å²) in [5.74, 6) is 0.165. The third-order valence-electron chi connectivity index (χ3n) is 2.91. The molecule has 0 unspecified atom stereocenters. The lowest BCUT2D eigenvalue weighted by Gasteiger charge is -2.17. The van der Waals surface area contributed by atoms with Gasteiger partial charge in [0.05, 0.1) is 6.26 Å². The van der Waals surface area contributed by atoms with Crippen molar-refractivity contribution in [2.75, 3.05) is 7.05 Å². The highest BCUT2D eigenvalue weighted by Crippen LogP contribution is 2.17. The maximum atomic E-state index is 13.1. The number of hydrogen-bond acceptors (Lipinski definition) is 3. The molecule has 0 aliphatic heterocycles. The molecular formula is C14H14FNO2S. The first-order valence-corrected chi connectivity index (χ1v) is 6.20. The molecule has 1 amide bonds. The molecule has 19 heavy (non-hydrogen) atoms. The first-order chi connectivity index (χ1) is 8.99. The maximum absolute atomic E-state index is 13.1. The Hall–Kier alpha value is -1.75. The number of halogens is 1. The summed E-state index contributed by atoms with van der Waals surface area (Å²) in [5.41, 5.74) is 1.36. The summed E-state index contributed by atoms with van der Waals surface area (Å²) < 4.78 is 18.3. The standard InChI is InChI=1S/C14H14FNO2S/c1-9-11(5-6-18-9)8-16(2)14(17)10-3-4-12(15)13(19)7-10/h3-7,19H,8H2,1-2H3. The molecule has 0 aliphatic rings. The Morgan fingerprint density at radius 1 is 1.42 bits per heavy atom. The number of aryl methyl sites for hydroxylation is 1. The fraction of sp³-hybridized carbons (Fsp3) is 0.214. The molecule has 0 bridgehead atoms. The zero-order valence-electron chi connectivity index (χ0n) is 10.7. The molecule has 3 nitrogen and oxygen atoms in total. The van der Waals surface area contributed by atoms with E-state index in [1.165, 1.54) is 18.2 Å². The molecule has 0 saturated heterocycles. The highest BCUT2D eigenvalue weighted by atomic mass is 32.1. The van der Waals surface area contributed by atoms with Gasteiger partial charge in [-0.1, -0.05) is 0 Å². The summed E-state index contributed by atoms with van der Waals surface area (Å²) in [5, 5.41) is 0. The lowest BCUT2D eigenvalue weighted by Crippen LogP contribution is -2.26. The highest BCUT2D eigenvalue weighted by Gasteiger charge is 2.15. The summed E-state index contributed by atoms with van der Waals surface area (Å²) >= 11 is 3.98. The molecule has 1 aromatic carbocycles. The maximum Gasteiger partial charge on any atom is 0.253 e. The molecule has 5 heteroatoms. The van der Waals surface area contributed by atoms with Crippen LogP contribution in [0.5, 0.6) is 0 Å². The number of furan rings is 1. The Bertz CT molecular complexity index is 609. The zero-order valence-corrected chi connectivity index (χ0v) is 11.6. The van der Waals surface area contributed by atoms with Gasteiger partial charge < -0.3 is 9.32 Å². The van der Waals surface area contributed by atoms with Crippen molar-refractivity contribution >= 4 is 18.5 Å². The van der Waals surface area contributed by atoms with Gasteiger partial charge in [-0.2, -0.15) is 0 Å². The van der Waals surface area contributed by atoms with Crippen LogP contribution in [0, 0.1) is 12.7 Å². The molecule has 1 heterocycles. The van der Waals surface area contributed by atoms with Crippen molar-refractivity contribution in [1.29, 1.82) is 0 Å². The second-order valence-corrected chi connectivity index (χ2v) is 4.81. The molecule has 0 fully saturated rings. The van der Waals surface area contributed by atoms with Crippen molar-refractivity contribution in [1.82, 2.24) is 4.90 Å². The molecule has 2 rings (SSSR count). The minimum atomic E-state index is -0.437. The Balaban J connectivity index is 2.15. The Morgan fingerprint density at radius 2 is 2.16 bits per heavy atom. The van der Waals surface area contributed by atoms with E-state index in [-0.39, 0.29) is 10.8 Å². The molecule has 0 radical (unpaired) electrons. The predicted octanol–water partition coefficient (Wildman–Crippen LogP) is 3.29. The van der Waals surface area contributed by atoms with Gasteiger partial charge in [0, 0.05) is 29.6 Å². The average molecular weight is 279 g/mol. The van der Waals surface area contributed by atoms with Gasteiger partial charge in [-0.25, -0.2) is 4.39 Å². The quantitative estimate of drug-likeness (QED) is 0.875. The fourth-order valence-corrected chi connectivity index (χ4v) is 1.98. The monoisotopic (exact) mass is 279 g/mol. The van der Waals surface area contributed by atoms with Gasteiger partial charge in [0.25, 0.3) is 5.91 Å². The van der Waals surface area contributed by atoms with Gasteiger partial charge in [-0.15, -0.1) is 12.6 Å². The van der Waals surface area contributed by atoms with E-state index in [2.05, 4.69) is 12.6 Å². The number of carbonyl (C=O) groups excluding carboxylic acids is 1. The van der Waals surface area contributed by atoms with E-state index in [0.717, 1.165) is 11.3 Å². The van der Waals surface area contributed by atoms with E-state index in [1.54, 1.807) is 18.2 Å². The average Bonchev–Trinajstić information content (AvgIpc) is 2.77. The van der Waals surface area contributed by atoms with Crippen LogP contribution in [0.1, 0.15) is 21.7 Å². The van der Waals surface area contributed by atoms with Crippen molar-refractivity contribution < 1.29 is 13.6 Å². The van der Waals surface area contributed by atoms with E-state index in [1.807, 2.05) is 13.0 Å². The predicted molar refractivity (Wildman–Crippen MR) is 72.9 cm³/mol. The van der Waals surface area contributed by atoms with Crippen LogP contribution in [0.2, 0.25) is 0 Å². The van der Waals surface area contributed by atoms with Gasteiger partial charge in [-0.3, -0.25) is 4.79 Å². The third kappa shape index (κ3) is 2.98. The van der Waals surface area contributed by atoms with E-state index < -0.39 is 5.82 Å². The number of nitrogens with zero attached hydrogens (tertiary/aromatic N) is 1. The van der Waals surface area contributed by atoms with Crippen LogP contribution in [0.15, 0.2) is 39.8 Å². The van der Waals surface area contributed by atoms with Crippen LogP contribution < -0.4 is 0 Å². The number of amides is 1. The summed E-state index contributed by atoms with van der Waals surface area (Å²) in [6.07, 6.45) is 1.59. The van der Waals surface area contributed by atoms with Crippen LogP contribution in [0.4, 0.5) is 4.39 Å². The smallest absolute Gasteiger partial charge is 0.253 e. The van der Waals surface area contributed by atoms with Crippen LogP contribution in [-0.2, 0) is 6.54 Å². The van der Waals surface area contributed by atoms with Crippen molar-refractivity contribution in [3.63, 3.8) is 0 Å². The van der Waals surface area contributed by atoms with Gasteiger partial charge in [-0.05, 0) is 31.2 Å². The van der Waals surface area contributed by atoms with Crippen LogP contribution in [0.3, 0.4) is 0 Å². The van der Waals surface area contributed by atoms with Crippen molar-refractivity contribution in [3.8, 4) is 0 Å². The third-order valence-corrected chi connectivity index (χ3v) is 3.26. The zero-order chi connectivity index (χ0) is 14.0. The van der Waals surface area contributed by atoms with Gasteiger partial charge in [0.15, 0.2) is 0 Å². The van der Waals surface area contributed by atoms with E-state index in [4.69, 9.17) is 4.42 Å². The van der Waals surface area contributed by atoms with Crippen molar-refractivity contribution in [2.45, 2.75) is 18.4 Å². The minimum absolute atomic E-state index is 0.166. The van der Waals surface area contributed by atoms with Gasteiger partial charge >= 0.3 is 0 Å². The second kappa shape index (κ2) is 5.48. The summed E-state index contributed by atoms with van der Waals surface area (Å²) in [4.78, 5) is 13.9. The lowest BCUT2D eigenvalue weighted by atomic mass is 10.2. The fourth-order valence-electron chi connectivity index (χ4n) is 1.77. The molecule has 0 spiro atoms. The van der Waals surface area contributed by atoms with Gasteiger partial charge in [0.2, 0.25) is 0 Å². The van der Waals surface area contributed by atoms with Crippen LogP contribution in [-0.4, -0.2) is 17.9 Å². The molecule has 0 atom stereocenters. The van der Waals surface area contributed by atoms with Crippen molar-refractivity contribution in [3.05, 3.63) is 53.2 Å². The molecule has 100 valence electrons. The highest BCUT2D eigenvalue weighted by molar-refractivity contribution is 7.80. The molecule has 0 aliphatic carbocycles. The second-order valence-electron chi connectivity index (χ2n) is 4.33. The van der Waals surface area contributed by atoms with E-state index >= 15 is 0 Å². The normalized spacial score (nSPS) is 10.5.